The van der Waals surface area contributed by atoms with Crippen molar-refractivity contribution in [3.63, 3.8) is 0 Å². The summed E-state index contributed by atoms with van der Waals surface area (Å²) in [6.45, 7) is 11.9. The van der Waals surface area contributed by atoms with Crippen LogP contribution in [0.4, 0.5) is 0 Å². The monoisotopic (exact) mass is 313 g/mol. The average Bonchev–Trinajstić information content (AvgIpc) is 2.38. The average molecular weight is 314 g/mol. The highest BCUT2D eigenvalue weighted by Gasteiger charge is 2.07. The van der Waals surface area contributed by atoms with Crippen LogP contribution in [0.2, 0.25) is 0 Å². The Morgan fingerprint density at radius 1 is 0.524 bits per heavy atom. The maximum atomic E-state index is 5.06. The van der Waals surface area contributed by atoms with Gasteiger partial charge in [0.1, 0.15) is 0 Å². The number of hydrogen-bond acceptors (Lipinski definition) is 0. The van der Waals surface area contributed by atoms with Crippen LogP contribution < -0.4 is 0 Å². The molecule has 0 aliphatic heterocycles. The Morgan fingerprint density at radius 2 is 0.857 bits per heavy atom. The van der Waals surface area contributed by atoms with Crippen LogP contribution in [0.25, 0.3) is 0 Å². The van der Waals surface area contributed by atoms with Crippen molar-refractivity contribution in [2.75, 3.05) is 5.75 Å². The van der Waals surface area contributed by atoms with Crippen molar-refractivity contribution >= 4 is 12.6 Å². The molecule has 0 aromatic rings. The predicted octanol–water partition coefficient (Wildman–Crippen LogP) is 7.65. The summed E-state index contributed by atoms with van der Waals surface area (Å²) in [5.41, 5.74) is 0. The normalized spacial score (nSPS) is 16.1. The van der Waals surface area contributed by atoms with Gasteiger partial charge in [0, 0.05) is 5.75 Å². The van der Waals surface area contributed by atoms with Gasteiger partial charge in [0.2, 0.25) is 0 Å². The molecule has 0 aliphatic carbocycles. The van der Waals surface area contributed by atoms with Crippen molar-refractivity contribution in [3.8, 4) is 0 Å². The van der Waals surface area contributed by atoms with Crippen LogP contribution in [0.15, 0.2) is 0 Å². The van der Waals surface area contributed by atoms with Crippen molar-refractivity contribution < 1.29 is 0 Å². The van der Waals surface area contributed by atoms with Crippen molar-refractivity contribution in [3.05, 3.63) is 0 Å². The third-order valence-corrected chi connectivity index (χ3v) is 5.11. The van der Waals surface area contributed by atoms with Crippen molar-refractivity contribution in [2.45, 2.75) is 98.8 Å². The molecular weight excluding hydrogens is 272 g/mol. The summed E-state index contributed by atoms with van der Waals surface area (Å²) >= 11 is 5.06. The van der Waals surface area contributed by atoms with Gasteiger partial charge in [-0.25, -0.2) is 0 Å². The fourth-order valence-electron chi connectivity index (χ4n) is 3.14. The van der Waals surface area contributed by atoms with E-state index in [1.54, 1.807) is 0 Å². The van der Waals surface area contributed by atoms with Crippen LogP contribution in [0.1, 0.15) is 98.8 Å². The van der Waals surface area contributed by atoms with Crippen LogP contribution >= 0.6 is 12.6 Å². The highest BCUT2D eigenvalue weighted by atomic mass is 32.1. The van der Waals surface area contributed by atoms with Gasteiger partial charge in [-0.05, 0) is 30.1 Å². The van der Waals surface area contributed by atoms with Gasteiger partial charge in [-0.2, -0.15) is 0 Å². The minimum atomic E-state index is 0.843. The molecule has 0 bridgehead atoms. The van der Waals surface area contributed by atoms with E-state index in [2.05, 4.69) is 34.6 Å². The van der Waals surface area contributed by atoms with Crippen molar-refractivity contribution in [2.24, 2.45) is 23.7 Å². The van der Waals surface area contributed by atoms with Crippen LogP contribution in [-0.4, -0.2) is 5.75 Å². The SMILES string of the molecule is CC(C)CCCC(C)CCCC(C)CCCC(C)CC[S]. The Morgan fingerprint density at radius 3 is 1.19 bits per heavy atom. The molecular formula is C20H41S. The minimum Gasteiger partial charge on any atom is -0.0941 e. The van der Waals surface area contributed by atoms with Gasteiger partial charge in [-0.1, -0.05) is 105 Å². The molecule has 0 amide bonds. The molecule has 1 heteroatoms. The number of rotatable bonds is 14. The molecule has 0 aromatic heterocycles. The first-order valence-electron chi connectivity index (χ1n) is 9.53. The lowest BCUT2D eigenvalue weighted by atomic mass is 9.91. The van der Waals surface area contributed by atoms with Gasteiger partial charge >= 0.3 is 0 Å². The minimum absolute atomic E-state index is 0.843. The second kappa shape index (κ2) is 14.0. The van der Waals surface area contributed by atoms with Crippen LogP contribution in [-0.2, 0) is 0 Å². The van der Waals surface area contributed by atoms with E-state index < -0.39 is 0 Å². The summed E-state index contributed by atoms with van der Waals surface area (Å²) in [6.07, 6.45) is 14.0. The van der Waals surface area contributed by atoms with Gasteiger partial charge in [0.05, 0.1) is 0 Å². The van der Waals surface area contributed by atoms with Gasteiger partial charge in [0.15, 0.2) is 0 Å². The second-order valence-corrected chi connectivity index (χ2v) is 8.40. The van der Waals surface area contributed by atoms with E-state index in [0.29, 0.717) is 0 Å². The molecule has 0 spiro atoms. The fourth-order valence-corrected chi connectivity index (χ4v) is 3.54. The van der Waals surface area contributed by atoms with Gasteiger partial charge in [-0.15, -0.1) is 0 Å². The van der Waals surface area contributed by atoms with Crippen molar-refractivity contribution in [1.29, 1.82) is 0 Å². The van der Waals surface area contributed by atoms with E-state index in [1.165, 1.54) is 64.2 Å². The third-order valence-electron chi connectivity index (χ3n) is 4.88. The quantitative estimate of drug-likeness (QED) is 0.309. The maximum absolute atomic E-state index is 5.06. The highest BCUT2D eigenvalue weighted by molar-refractivity contribution is 7.80. The zero-order valence-electron chi connectivity index (χ0n) is 15.5. The molecule has 0 aromatic carbocycles. The molecule has 0 N–H and O–H groups in total. The van der Waals surface area contributed by atoms with E-state index in [0.717, 1.165) is 29.4 Å². The van der Waals surface area contributed by atoms with Gasteiger partial charge in [0.25, 0.3) is 0 Å². The van der Waals surface area contributed by atoms with Gasteiger partial charge in [-0.3, -0.25) is 0 Å². The third kappa shape index (κ3) is 15.0. The van der Waals surface area contributed by atoms with Crippen molar-refractivity contribution in [1.82, 2.24) is 0 Å². The van der Waals surface area contributed by atoms with Crippen LogP contribution in [0.5, 0.6) is 0 Å². The molecule has 21 heavy (non-hydrogen) atoms. The Kier molecular flexibility index (Phi) is 14.2. The van der Waals surface area contributed by atoms with Gasteiger partial charge < -0.3 is 0 Å². The maximum Gasteiger partial charge on any atom is 0.00394 e. The highest BCUT2D eigenvalue weighted by Crippen LogP contribution is 2.22. The molecule has 0 heterocycles. The topological polar surface area (TPSA) is 0 Å². The zero-order chi connectivity index (χ0) is 16.1. The predicted molar refractivity (Wildman–Crippen MR) is 101 cm³/mol. The summed E-state index contributed by atoms with van der Waals surface area (Å²) in [7, 11) is 0. The molecule has 127 valence electrons. The smallest absolute Gasteiger partial charge is 0.00394 e. The fraction of sp³-hybridized carbons (Fsp3) is 1.00. The Hall–Kier alpha value is 0.350. The molecule has 0 saturated carbocycles. The van der Waals surface area contributed by atoms with E-state index >= 15 is 0 Å². The van der Waals surface area contributed by atoms with E-state index in [-0.39, 0.29) is 0 Å². The zero-order valence-corrected chi connectivity index (χ0v) is 16.3. The molecule has 0 aliphatic rings. The molecule has 0 nitrogen and oxygen atoms in total. The Bertz CT molecular complexity index is 212. The standard InChI is InChI=1S/C20H41S/c1-17(2)9-6-10-18(3)11-7-12-19(4)13-8-14-20(5)15-16-21/h17-20H,6-16H2,1-5H3. The molecule has 0 rings (SSSR count). The molecule has 0 saturated heterocycles. The molecule has 3 atom stereocenters. The largest absolute Gasteiger partial charge is 0.0941 e. The Labute approximate surface area is 141 Å². The lowest BCUT2D eigenvalue weighted by Gasteiger charge is -2.16. The first-order valence-corrected chi connectivity index (χ1v) is 10.1. The lowest BCUT2D eigenvalue weighted by Crippen LogP contribution is -2.01. The Balaban J connectivity index is 3.45. The van der Waals surface area contributed by atoms with E-state index in [1.807, 2.05) is 0 Å². The van der Waals surface area contributed by atoms with E-state index in [4.69, 9.17) is 12.6 Å². The summed E-state index contributed by atoms with van der Waals surface area (Å²) in [5.74, 6) is 4.51. The summed E-state index contributed by atoms with van der Waals surface area (Å²) in [4.78, 5) is 0. The van der Waals surface area contributed by atoms with Crippen LogP contribution in [0, 0.1) is 23.7 Å². The summed E-state index contributed by atoms with van der Waals surface area (Å²) in [5, 5.41) is 0. The first kappa shape index (κ1) is 21.4. The summed E-state index contributed by atoms with van der Waals surface area (Å²) < 4.78 is 0. The first-order chi connectivity index (χ1) is 9.95. The second-order valence-electron chi connectivity index (χ2n) is 7.99. The molecule has 3 unspecified atom stereocenters. The van der Waals surface area contributed by atoms with Crippen LogP contribution in [0.3, 0.4) is 0 Å². The van der Waals surface area contributed by atoms with E-state index in [9.17, 15) is 0 Å². The lowest BCUT2D eigenvalue weighted by molar-refractivity contribution is 0.377. The number of hydrogen-bond donors (Lipinski definition) is 0. The summed E-state index contributed by atoms with van der Waals surface area (Å²) in [6, 6.07) is 0. The molecule has 0 fully saturated rings. The molecule has 1 radical (unpaired) electrons.